The van der Waals surface area contributed by atoms with E-state index in [1.54, 1.807) is 6.07 Å². The first-order valence-electron chi connectivity index (χ1n) is 5.33. The second-order valence-electron chi connectivity index (χ2n) is 3.85. The van der Waals surface area contributed by atoms with Gasteiger partial charge in [0.25, 0.3) is 11.2 Å². The molecule has 94 valence electrons. The Morgan fingerprint density at radius 1 is 1.32 bits per heavy atom. The van der Waals surface area contributed by atoms with Crippen molar-refractivity contribution in [1.29, 1.82) is 0 Å². The van der Waals surface area contributed by atoms with Crippen LogP contribution < -0.4 is 5.56 Å². The molecule has 0 aliphatic carbocycles. The molecule has 0 spiro atoms. The first-order chi connectivity index (χ1) is 9.15. The van der Waals surface area contributed by atoms with Gasteiger partial charge in [0.2, 0.25) is 0 Å². The lowest BCUT2D eigenvalue weighted by Gasteiger charge is -2.00. The number of aromatic nitrogens is 4. The fourth-order valence-corrected chi connectivity index (χ4v) is 1.75. The Kier molecular flexibility index (Phi) is 2.34. The summed E-state index contributed by atoms with van der Waals surface area (Å²) in [7, 11) is 0. The number of fused-ring (bicyclic) bond motifs is 1. The summed E-state index contributed by atoms with van der Waals surface area (Å²) in [6.07, 6.45) is 1.37. The molecule has 0 fully saturated rings. The molecule has 19 heavy (non-hydrogen) atoms. The van der Waals surface area contributed by atoms with E-state index in [0.29, 0.717) is 16.6 Å². The monoisotopic (exact) mass is 257 g/mol. The number of hydrogen-bond acceptors (Lipinski definition) is 5. The van der Waals surface area contributed by atoms with Crippen molar-refractivity contribution < 1.29 is 4.92 Å². The second kappa shape index (κ2) is 4.02. The van der Waals surface area contributed by atoms with Crippen LogP contribution in [0, 0.1) is 10.1 Å². The van der Waals surface area contributed by atoms with Gasteiger partial charge in [0.1, 0.15) is 11.2 Å². The van der Waals surface area contributed by atoms with Gasteiger partial charge in [-0.15, -0.1) is 0 Å². The Morgan fingerprint density at radius 2 is 2.16 bits per heavy atom. The van der Waals surface area contributed by atoms with E-state index in [2.05, 4.69) is 20.2 Å². The number of aromatic amines is 2. The molecule has 8 heteroatoms. The lowest BCUT2D eigenvalue weighted by atomic mass is 10.2. The molecule has 0 aliphatic heterocycles. The maximum absolute atomic E-state index is 11.8. The van der Waals surface area contributed by atoms with Crippen molar-refractivity contribution in [2.24, 2.45) is 0 Å². The molecule has 0 atom stereocenters. The third-order valence-corrected chi connectivity index (χ3v) is 2.65. The van der Waals surface area contributed by atoms with E-state index in [1.807, 2.05) is 0 Å². The Hall–Kier alpha value is -3.03. The Balaban J connectivity index is 2.21. The van der Waals surface area contributed by atoms with Crippen LogP contribution in [-0.4, -0.2) is 25.1 Å². The fraction of sp³-hybridized carbons (Fsp3) is 0. The zero-order chi connectivity index (χ0) is 13.4. The number of nitro groups is 1. The molecule has 0 saturated heterocycles. The largest absolute Gasteiger partial charge is 0.306 e. The number of nitro benzene ring substituents is 1. The van der Waals surface area contributed by atoms with Gasteiger partial charge in [-0.05, 0) is 0 Å². The summed E-state index contributed by atoms with van der Waals surface area (Å²) in [4.78, 5) is 28.7. The van der Waals surface area contributed by atoms with Crippen LogP contribution in [0.2, 0.25) is 0 Å². The van der Waals surface area contributed by atoms with Gasteiger partial charge in [-0.3, -0.25) is 20.0 Å². The third-order valence-electron chi connectivity index (χ3n) is 2.65. The highest BCUT2D eigenvalue weighted by molar-refractivity contribution is 5.75. The molecular weight excluding hydrogens is 250 g/mol. The van der Waals surface area contributed by atoms with Crippen molar-refractivity contribution in [2.45, 2.75) is 0 Å². The first-order valence-corrected chi connectivity index (χ1v) is 5.33. The summed E-state index contributed by atoms with van der Waals surface area (Å²) in [6.45, 7) is 0. The van der Waals surface area contributed by atoms with Gasteiger partial charge in [-0.25, -0.2) is 4.98 Å². The highest BCUT2D eigenvalue weighted by Crippen LogP contribution is 2.20. The molecule has 0 amide bonds. The Morgan fingerprint density at radius 3 is 2.95 bits per heavy atom. The quantitative estimate of drug-likeness (QED) is 0.528. The Labute approximate surface area is 105 Å². The molecule has 0 radical (unpaired) electrons. The second-order valence-corrected chi connectivity index (χ2v) is 3.85. The number of non-ortho nitro benzene ring substituents is 1. The number of nitrogens with one attached hydrogen (secondary N) is 2. The SMILES string of the molecule is O=c1[nH]c(-c2cccc([N+](=O)[O-])c2)nc2[nH]ncc12. The standard InChI is InChI=1S/C11H7N5O3/c17-11-8-5-12-15-10(8)13-9(14-11)6-2-1-3-7(4-6)16(18)19/h1-5H,(H2,12,13,14,15,17). The van der Waals surface area contributed by atoms with Crippen molar-refractivity contribution in [2.75, 3.05) is 0 Å². The molecule has 0 aliphatic rings. The maximum atomic E-state index is 11.8. The molecule has 1 aromatic carbocycles. The van der Waals surface area contributed by atoms with Crippen molar-refractivity contribution in [3.05, 3.63) is 50.9 Å². The van der Waals surface area contributed by atoms with Crippen LogP contribution in [0.3, 0.4) is 0 Å². The van der Waals surface area contributed by atoms with Crippen LogP contribution in [0.15, 0.2) is 35.3 Å². The molecule has 2 heterocycles. The van der Waals surface area contributed by atoms with E-state index in [0.717, 1.165) is 0 Å². The average Bonchev–Trinajstić information content (AvgIpc) is 2.87. The molecule has 0 saturated carbocycles. The predicted molar refractivity (Wildman–Crippen MR) is 66.6 cm³/mol. The summed E-state index contributed by atoms with van der Waals surface area (Å²) in [5.74, 6) is 0.255. The van der Waals surface area contributed by atoms with E-state index < -0.39 is 4.92 Å². The molecule has 0 bridgehead atoms. The minimum atomic E-state index is -0.504. The molecule has 3 rings (SSSR count). The lowest BCUT2D eigenvalue weighted by molar-refractivity contribution is -0.384. The summed E-state index contributed by atoms with van der Waals surface area (Å²) in [6, 6.07) is 5.88. The highest BCUT2D eigenvalue weighted by atomic mass is 16.6. The van der Waals surface area contributed by atoms with Gasteiger partial charge < -0.3 is 4.98 Å². The summed E-state index contributed by atoms with van der Waals surface area (Å²) in [5, 5.41) is 17.4. The highest BCUT2D eigenvalue weighted by Gasteiger charge is 2.11. The summed E-state index contributed by atoms with van der Waals surface area (Å²) < 4.78 is 0. The van der Waals surface area contributed by atoms with Gasteiger partial charge in [0.05, 0.1) is 11.1 Å². The van der Waals surface area contributed by atoms with Crippen molar-refractivity contribution >= 4 is 16.7 Å². The van der Waals surface area contributed by atoms with Crippen LogP contribution >= 0.6 is 0 Å². The van der Waals surface area contributed by atoms with Crippen LogP contribution in [-0.2, 0) is 0 Å². The number of benzene rings is 1. The molecule has 0 unspecified atom stereocenters. The van der Waals surface area contributed by atoms with E-state index in [9.17, 15) is 14.9 Å². The topological polar surface area (TPSA) is 118 Å². The zero-order valence-corrected chi connectivity index (χ0v) is 9.45. The maximum Gasteiger partial charge on any atom is 0.270 e. The van der Waals surface area contributed by atoms with Gasteiger partial charge in [-0.2, -0.15) is 5.10 Å². The van der Waals surface area contributed by atoms with Crippen molar-refractivity contribution in [3.63, 3.8) is 0 Å². The molecule has 2 aromatic heterocycles. The fourth-order valence-electron chi connectivity index (χ4n) is 1.75. The number of rotatable bonds is 2. The van der Waals surface area contributed by atoms with Crippen LogP contribution in [0.1, 0.15) is 0 Å². The van der Waals surface area contributed by atoms with Crippen LogP contribution in [0.5, 0.6) is 0 Å². The molecule has 8 nitrogen and oxygen atoms in total. The van der Waals surface area contributed by atoms with Gasteiger partial charge >= 0.3 is 0 Å². The third kappa shape index (κ3) is 1.84. The van der Waals surface area contributed by atoms with E-state index in [1.165, 1.54) is 24.4 Å². The molecule has 2 N–H and O–H groups in total. The normalized spacial score (nSPS) is 10.7. The average molecular weight is 257 g/mol. The van der Waals surface area contributed by atoms with Crippen LogP contribution in [0.25, 0.3) is 22.4 Å². The van der Waals surface area contributed by atoms with E-state index >= 15 is 0 Å². The van der Waals surface area contributed by atoms with E-state index in [-0.39, 0.29) is 17.1 Å². The van der Waals surface area contributed by atoms with Gasteiger partial charge in [0.15, 0.2) is 5.65 Å². The summed E-state index contributed by atoms with van der Waals surface area (Å²) in [5.41, 5.74) is 0.387. The smallest absolute Gasteiger partial charge is 0.270 e. The minimum absolute atomic E-state index is 0.0649. The van der Waals surface area contributed by atoms with Crippen molar-refractivity contribution in [3.8, 4) is 11.4 Å². The zero-order valence-electron chi connectivity index (χ0n) is 9.45. The van der Waals surface area contributed by atoms with E-state index in [4.69, 9.17) is 0 Å². The lowest BCUT2D eigenvalue weighted by Crippen LogP contribution is -2.08. The number of hydrogen-bond donors (Lipinski definition) is 2. The van der Waals surface area contributed by atoms with Gasteiger partial charge in [-0.1, -0.05) is 12.1 Å². The van der Waals surface area contributed by atoms with Crippen LogP contribution in [0.4, 0.5) is 5.69 Å². The molecule has 3 aromatic rings. The first kappa shape index (κ1) is 11.1. The minimum Gasteiger partial charge on any atom is -0.306 e. The Bertz CT molecular complexity index is 835. The molecular formula is C11H7N5O3. The van der Waals surface area contributed by atoms with Crippen molar-refractivity contribution in [1.82, 2.24) is 20.2 Å². The summed E-state index contributed by atoms with van der Waals surface area (Å²) >= 11 is 0. The number of H-pyrrole nitrogens is 2. The van der Waals surface area contributed by atoms with Gasteiger partial charge in [0, 0.05) is 17.7 Å². The number of nitrogens with zero attached hydrogens (tertiary/aromatic N) is 3. The predicted octanol–water partition coefficient (Wildman–Crippen LogP) is 1.22.